The fourth-order valence-electron chi connectivity index (χ4n) is 1.76. The SMILES string of the molecule is COCCNCC(C)CCCOc1ccccc1. The smallest absolute Gasteiger partial charge is 0.119 e. The number of methoxy groups -OCH3 is 1. The summed E-state index contributed by atoms with van der Waals surface area (Å²) in [6, 6.07) is 9.99. The Morgan fingerprint density at radius 2 is 1.94 bits per heavy atom. The molecule has 102 valence electrons. The molecule has 1 rings (SSSR count). The Bertz CT molecular complexity index is 290. The normalized spacial score (nSPS) is 12.3. The lowest BCUT2D eigenvalue weighted by Gasteiger charge is -2.12. The standard InChI is InChI=1S/C15H25NO2/c1-14(13-16-10-12-17-2)7-6-11-18-15-8-4-3-5-9-15/h3-5,8-9,14,16H,6-7,10-13H2,1-2H3. The number of nitrogens with one attached hydrogen (secondary N) is 1. The Morgan fingerprint density at radius 1 is 1.17 bits per heavy atom. The summed E-state index contributed by atoms with van der Waals surface area (Å²) >= 11 is 0. The molecule has 0 spiro atoms. The van der Waals surface area contributed by atoms with E-state index >= 15 is 0 Å². The van der Waals surface area contributed by atoms with Crippen molar-refractivity contribution in [3.05, 3.63) is 30.3 Å². The number of hydrogen-bond donors (Lipinski definition) is 1. The molecule has 1 aromatic rings. The van der Waals surface area contributed by atoms with E-state index in [1.165, 1.54) is 6.42 Å². The van der Waals surface area contributed by atoms with Gasteiger partial charge in [-0.1, -0.05) is 25.1 Å². The average molecular weight is 251 g/mol. The maximum absolute atomic E-state index is 5.66. The third-order valence-corrected chi connectivity index (χ3v) is 2.83. The van der Waals surface area contributed by atoms with Gasteiger partial charge < -0.3 is 14.8 Å². The minimum atomic E-state index is 0.682. The zero-order valence-electron chi connectivity index (χ0n) is 11.5. The summed E-state index contributed by atoms with van der Waals surface area (Å²) in [6.07, 6.45) is 2.29. The highest BCUT2D eigenvalue weighted by Gasteiger charge is 2.01. The number of para-hydroxylation sites is 1. The number of rotatable bonds is 10. The summed E-state index contributed by atoms with van der Waals surface area (Å²) in [6.45, 7) is 5.83. The van der Waals surface area contributed by atoms with Crippen LogP contribution in [0.2, 0.25) is 0 Å². The molecule has 0 aliphatic rings. The summed E-state index contributed by atoms with van der Waals surface area (Å²) in [5, 5.41) is 3.38. The van der Waals surface area contributed by atoms with Crippen LogP contribution in [0.1, 0.15) is 19.8 Å². The highest BCUT2D eigenvalue weighted by molar-refractivity contribution is 5.20. The van der Waals surface area contributed by atoms with Crippen LogP contribution in [-0.4, -0.2) is 33.4 Å². The molecular formula is C15H25NO2. The number of ether oxygens (including phenoxy) is 2. The van der Waals surface area contributed by atoms with Crippen LogP contribution >= 0.6 is 0 Å². The van der Waals surface area contributed by atoms with Crippen LogP contribution in [0.15, 0.2) is 30.3 Å². The second-order valence-electron chi connectivity index (χ2n) is 4.61. The van der Waals surface area contributed by atoms with Crippen LogP contribution < -0.4 is 10.1 Å². The van der Waals surface area contributed by atoms with E-state index in [1.54, 1.807) is 7.11 Å². The van der Waals surface area contributed by atoms with Crippen molar-refractivity contribution in [3.63, 3.8) is 0 Å². The van der Waals surface area contributed by atoms with Gasteiger partial charge in [0.2, 0.25) is 0 Å². The molecule has 3 heteroatoms. The fourth-order valence-corrected chi connectivity index (χ4v) is 1.76. The van der Waals surface area contributed by atoms with Crippen molar-refractivity contribution >= 4 is 0 Å². The highest BCUT2D eigenvalue weighted by atomic mass is 16.5. The van der Waals surface area contributed by atoms with Crippen molar-refractivity contribution in [1.82, 2.24) is 5.32 Å². The summed E-state index contributed by atoms with van der Waals surface area (Å²) in [5.41, 5.74) is 0. The van der Waals surface area contributed by atoms with E-state index in [4.69, 9.17) is 9.47 Å². The first-order chi connectivity index (χ1) is 8.83. The van der Waals surface area contributed by atoms with Gasteiger partial charge >= 0.3 is 0 Å². The van der Waals surface area contributed by atoms with Crippen molar-refractivity contribution in [3.8, 4) is 5.75 Å². The molecule has 0 aliphatic carbocycles. The van der Waals surface area contributed by atoms with Crippen LogP contribution in [0.4, 0.5) is 0 Å². The van der Waals surface area contributed by atoms with E-state index in [1.807, 2.05) is 30.3 Å². The predicted molar refractivity (Wildman–Crippen MR) is 75.1 cm³/mol. The van der Waals surface area contributed by atoms with E-state index in [0.717, 1.165) is 38.5 Å². The lowest BCUT2D eigenvalue weighted by molar-refractivity contribution is 0.197. The molecule has 0 heterocycles. The Balaban J connectivity index is 1.97. The van der Waals surface area contributed by atoms with Gasteiger partial charge in [-0.15, -0.1) is 0 Å². The first-order valence-corrected chi connectivity index (χ1v) is 6.70. The third-order valence-electron chi connectivity index (χ3n) is 2.83. The van der Waals surface area contributed by atoms with E-state index in [-0.39, 0.29) is 0 Å². The van der Waals surface area contributed by atoms with Crippen molar-refractivity contribution in [2.75, 3.05) is 33.4 Å². The Kier molecular flexibility index (Phi) is 8.26. The largest absolute Gasteiger partial charge is 0.494 e. The average Bonchev–Trinajstić information content (AvgIpc) is 2.41. The molecule has 0 bridgehead atoms. The van der Waals surface area contributed by atoms with E-state index < -0.39 is 0 Å². The second-order valence-corrected chi connectivity index (χ2v) is 4.61. The van der Waals surface area contributed by atoms with Gasteiger partial charge in [0.15, 0.2) is 0 Å². The first-order valence-electron chi connectivity index (χ1n) is 6.70. The minimum Gasteiger partial charge on any atom is -0.494 e. The minimum absolute atomic E-state index is 0.682. The monoisotopic (exact) mass is 251 g/mol. The first kappa shape index (κ1) is 15.0. The molecule has 3 nitrogen and oxygen atoms in total. The van der Waals surface area contributed by atoms with Gasteiger partial charge in [0.1, 0.15) is 5.75 Å². The molecule has 0 amide bonds. The quantitative estimate of drug-likeness (QED) is 0.649. The topological polar surface area (TPSA) is 30.5 Å². The van der Waals surface area contributed by atoms with Crippen LogP contribution in [0.5, 0.6) is 5.75 Å². The molecule has 1 aromatic carbocycles. The third kappa shape index (κ3) is 7.30. The number of benzene rings is 1. The number of hydrogen-bond acceptors (Lipinski definition) is 3. The Labute approximate surface area is 110 Å². The summed E-state index contributed by atoms with van der Waals surface area (Å²) in [7, 11) is 1.73. The van der Waals surface area contributed by atoms with Gasteiger partial charge in [0.05, 0.1) is 13.2 Å². The van der Waals surface area contributed by atoms with Crippen molar-refractivity contribution in [1.29, 1.82) is 0 Å². The molecule has 18 heavy (non-hydrogen) atoms. The maximum atomic E-state index is 5.66. The van der Waals surface area contributed by atoms with Crippen LogP contribution in [0.3, 0.4) is 0 Å². The zero-order valence-corrected chi connectivity index (χ0v) is 11.5. The highest BCUT2D eigenvalue weighted by Crippen LogP contribution is 2.10. The molecular weight excluding hydrogens is 226 g/mol. The van der Waals surface area contributed by atoms with Crippen molar-refractivity contribution in [2.24, 2.45) is 5.92 Å². The summed E-state index contributed by atoms with van der Waals surface area (Å²) < 4.78 is 10.6. The van der Waals surface area contributed by atoms with Crippen molar-refractivity contribution in [2.45, 2.75) is 19.8 Å². The summed E-state index contributed by atoms with van der Waals surface area (Å²) in [5.74, 6) is 1.64. The fraction of sp³-hybridized carbons (Fsp3) is 0.600. The molecule has 1 unspecified atom stereocenters. The van der Waals surface area contributed by atoms with Gasteiger partial charge in [-0.05, 0) is 37.4 Å². The van der Waals surface area contributed by atoms with Crippen LogP contribution in [0, 0.1) is 5.92 Å². The Morgan fingerprint density at radius 3 is 2.67 bits per heavy atom. The molecule has 1 N–H and O–H groups in total. The van der Waals surface area contributed by atoms with Gasteiger partial charge in [-0.2, -0.15) is 0 Å². The Hall–Kier alpha value is -1.06. The van der Waals surface area contributed by atoms with Crippen LogP contribution in [0.25, 0.3) is 0 Å². The molecule has 0 fully saturated rings. The van der Waals surface area contributed by atoms with E-state index in [9.17, 15) is 0 Å². The maximum Gasteiger partial charge on any atom is 0.119 e. The lowest BCUT2D eigenvalue weighted by atomic mass is 10.1. The summed E-state index contributed by atoms with van der Waals surface area (Å²) in [4.78, 5) is 0. The predicted octanol–water partition coefficient (Wildman–Crippen LogP) is 2.72. The van der Waals surface area contributed by atoms with Crippen molar-refractivity contribution < 1.29 is 9.47 Å². The van der Waals surface area contributed by atoms with Gasteiger partial charge in [0, 0.05) is 13.7 Å². The zero-order chi connectivity index (χ0) is 13.1. The van der Waals surface area contributed by atoms with E-state index in [0.29, 0.717) is 5.92 Å². The molecule has 0 saturated carbocycles. The molecule has 1 atom stereocenters. The van der Waals surface area contributed by atoms with E-state index in [2.05, 4.69) is 12.2 Å². The second kappa shape index (κ2) is 9.92. The van der Waals surface area contributed by atoms with Crippen LogP contribution in [-0.2, 0) is 4.74 Å². The van der Waals surface area contributed by atoms with Gasteiger partial charge in [-0.3, -0.25) is 0 Å². The van der Waals surface area contributed by atoms with Gasteiger partial charge in [0.25, 0.3) is 0 Å². The lowest BCUT2D eigenvalue weighted by Crippen LogP contribution is -2.25. The molecule has 0 aromatic heterocycles. The molecule has 0 aliphatic heterocycles. The van der Waals surface area contributed by atoms with Gasteiger partial charge in [-0.25, -0.2) is 0 Å². The molecule has 0 saturated heterocycles. The molecule has 0 radical (unpaired) electrons.